The molecule has 86 heavy (non-hydrogen) atoms. The van der Waals surface area contributed by atoms with Gasteiger partial charge in [-0.1, -0.05) is 102 Å². The van der Waals surface area contributed by atoms with E-state index in [1.807, 2.05) is 60.7 Å². The van der Waals surface area contributed by atoms with Gasteiger partial charge in [0, 0.05) is 63.5 Å². The molecule has 6 N–H and O–H groups in total. The van der Waals surface area contributed by atoms with E-state index in [0.717, 1.165) is 20.9 Å². The first kappa shape index (κ1) is 68.7. The van der Waals surface area contributed by atoms with Crippen molar-refractivity contribution in [2.75, 3.05) is 40.3 Å². The van der Waals surface area contributed by atoms with Crippen LogP contribution in [0.3, 0.4) is 0 Å². The molecule has 0 spiro atoms. The highest BCUT2D eigenvalue weighted by atomic mass is 16.6. The zero-order valence-electron chi connectivity index (χ0n) is 53.0. The zero-order chi connectivity index (χ0) is 64.2. The molecule has 0 aromatic heterocycles. The lowest BCUT2D eigenvalue weighted by atomic mass is 9.85. The summed E-state index contributed by atoms with van der Waals surface area (Å²) >= 11 is 0. The van der Waals surface area contributed by atoms with Crippen molar-refractivity contribution in [2.45, 2.75) is 182 Å². The Hall–Kier alpha value is -8.04. The number of nitrogens with zero attached hydrogens (tertiary/aromatic N) is 4. The highest BCUT2D eigenvalue weighted by Crippen LogP contribution is 2.29. The van der Waals surface area contributed by atoms with Crippen LogP contribution in [0.15, 0.2) is 84.9 Å². The maximum Gasteiger partial charge on any atom is 0.410 e. The molecule has 2 heterocycles. The fourth-order valence-corrected chi connectivity index (χ4v) is 9.85. The van der Waals surface area contributed by atoms with E-state index in [1.165, 1.54) is 62.0 Å². The summed E-state index contributed by atoms with van der Waals surface area (Å²) in [5, 5.41) is 17.5. The van der Waals surface area contributed by atoms with Crippen LogP contribution in [0.5, 0.6) is 0 Å². The van der Waals surface area contributed by atoms with Crippen molar-refractivity contribution < 1.29 is 57.4 Å². The molecule has 0 aliphatic carbocycles. The van der Waals surface area contributed by atoms with E-state index in [-0.39, 0.29) is 50.1 Å². The van der Waals surface area contributed by atoms with Gasteiger partial charge in [0.25, 0.3) is 11.8 Å². The van der Waals surface area contributed by atoms with Crippen LogP contribution < -0.4 is 31.9 Å². The van der Waals surface area contributed by atoms with Gasteiger partial charge in [0.05, 0.1) is 0 Å². The van der Waals surface area contributed by atoms with Crippen molar-refractivity contribution in [1.29, 1.82) is 0 Å². The van der Waals surface area contributed by atoms with Crippen LogP contribution in [0.2, 0.25) is 0 Å². The third kappa shape index (κ3) is 19.5. The summed E-state index contributed by atoms with van der Waals surface area (Å²) in [7, 11) is 2.85. The molecule has 22 nitrogen and oxygen atoms in total. The van der Waals surface area contributed by atoms with Gasteiger partial charge in [-0.15, -0.1) is 0 Å². The number of carbonyl (C=O) groups is 10. The number of likely N-dealkylation sites (tertiary alicyclic amines) is 2. The minimum atomic E-state index is -1.17. The fraction of sp³-hybridized carbons (Fsp3) is 0.562. The Morgan fingerprint density at radius 1 is 0.500 bits per heavy atom. The van der Waals surface area contributed by atoms with Gasteiger partial charge >= 0.3 is 12.2 Å². The molecule has 2 saturated heterocycles. The van der Waals surface area contributed by atoms with Crippen LogP contribution in [0.4, 0.5) is 9.59 Å². The number of amides is 10. The van der Waals surface area contributed by atoms with Crippen LogP contribution in [0.25, 0.3) is 0 Å². The number of nitrogens with one attached hydrogen (secondary N) is 6. The molecule has 3 aromatic carbocycles. The molecule has 0 unspecified atom stereocenters. The van der Waals surface area contributed by atoms with Gasteiger partial charge in [-0.3, -0.25) is 48.2 Å². The Kier molecular flexibility index (Phi) is 23.1. The second-order valence-electron chi connectivity index (χ2n) is 26.6. The second kappa shape index (κ2) is 28.9. The Labute approximate surface area is 507 Å². The molecule has 0 saturated carbocycles. The van der Waals surface area contributed by atoms with Gasteiger partial charge < -0.3 is 51.2 Å². The van der Waals surface area contributed by atoms with Gasteiger partial charge in [0.1, 0.15) is 47.5 Å². The van der Waals surface area contributed by atoms with Crippen LogP contribution in [0, 0.1) is 10.8 Å². The lowest BCUT2D eigenvalue weighted by Crippen LogP contribution is -2.60. The van der Waals surface area contributed by atoms with Gasteiger partial charge in [-0.05, 0) is 127 Å². The minimum Gasteiger partial charge on any atom is -0.444 e. The maximum atomic E-state index is 14.8. The van der Waals surface area contributed by atoms with Crippen LogP contribution in [-0.2, 0) is 51.1 Å². The van der Waals surface area contributed by atoms with E-state index in [9.17, 15) is 47.9 Å². The Morgan fingerprint density at radius 3 is 1.10 bits per heavy atom. The third-order valence-electron chi connectivity index (χ3n) is 15.0. The summed E-state index contributed by atoms with van der Waals surface area (Å²) in [6.45, 7) is 24.2. The lowest BCUT2D eigenvalue weighted by Gasteiger charge is -2.36. The molecule has 2 fully saturated rings. The number of hydrogen-bond acceptors (Lipinski definition) is 12. The van der Waals surface area contributed by atoms with Crippen LogP contribution in [-0.4, -0.2) is 179 Å². The summed E-state index contributed by atoms with van der Waals surface area (Å²) < 4.78 is 10.9. The molecule has 5 rings (SSSR count). The fourth-order valence-electron chi connectivity index (χ4n) is 9.85. The first-order chi connectivity index (χ1) is 39.9. The number of likely N-dealkylation sites (N-methyl/N-ethyl adjacent to an activating group) is 2. The Bertz CT molecular complexity index is 2700. The maximum absolute atomic E-state index is 14.8. The standard InChI is InChI=1S/C64H92N10O12/c1-39(71(15)59(83)85-63(9,10)11)51(75)69-49(61(3,4)5)57(81)73-37-45(35-47(73)55(79)65-33-31-41-23-19-17-20-24-41)67-53(77)43-27-29-44(30-28-43)54(78)68-46-36-48(56(80)66-34-32-42-25-21-18-22-26-42)74(38-46)58(82)50(62(6,7)8)70-52(76)40(2)72(16)60(84)86-64(12,13)14/h17-30,39-40,45-50H,31-38H2,1-16H3,(H,65,79)(H,66,80)(H,67,77)(H,68,78)(H,69,75)(H,70,76)/t39-,40-,45-,46-,47-,48-,49+,50+/m0/s1. The zero-order valence-corrected chi connectivity index (χ0v) is 53.0. The molecule has 2 aliphatic rings. The molecule has 3 aromatic rings. The number of benzene rings is 3. The summed E-state index contributed by atoms with van der Waals surface area (Å²) in [5.41, 5.74) is -1.07. The molecule has 470 valence electrons. The SMILES string of the molecule is C[C@@H](C(=O)N[C@H](C(=O)N1C[C@@H](NC(=O)c2ccc(C(=O)N[C@H]3C[C@@H](C(=O)NCCc4ccccc4)N(C(=O)[C@@H](NC(=O)[C@H](C)N(C)C(=O)OC(C)(C)C)C(C)(C)C)C3)cc2)C[C@H]1C(=O)NCCc1ccccc1)C(C)(C)C)N(C)C(=O)OC(C)(C)C. The van der Waals surface area contributed by atoms with Crippen molar-refractivity contribution in [1.82, 2.24) is 51.5 Å². The minimum absolute atomic E-state index is 0.0398. The Morgan fingerprint density at radius 2 is 0.814 bits per heavy atom. The van der Waals surface area contributed by atoms with E-state index in [1.54, 1.807) is 83.1 Å². The summed E-state index contributed by atoms with van der Waals surface area (Å²) in [6, 6.07) is 17.0. The molecule has 8 atom stereocenters. The summed E-state index contributed by atoms with van der Waals surface area (Å²) in [6.07, 6.45) is -0.331. The largest absolute Gasteiger partial charge is 0.444 e. The summed E-state index contributed by atoms with van der Waals surface area (Å²) in [5.74, 6) is -4.35. The van der Waals surface area contributed by atoms with Gasteiger partial charge in [0.2, 0.25) is 35.4 Å². The predicted octanol–water partition coefficient (Wildman–Crippen LogP) is 5.38. The number of carbonyl (C=O) groups excluding carboxylic acids is 10. The molecular weight excluding hydrogens is 1100 g/mol. The van der Waals surface area contributed by atoms with Crippen molar-refractivity contribution in [3.8, 4) is 0 Å². The number of hydrogen-bond donors (Lipinski definition) is 6. The van der Waals surface area contributed by atoms with Crippen molar-refractivity contribution in [2.24, 2.45) is 10.8 Å². The topological polar surface area (TPSA) is 274 Å². The predicted molar refractivity (Wildman–Crippen MR) is 325 cm³/mol. The van der Waals surface area contributed by atoms with Crippen molar-refractivity contribution in [3.63, 3.8) is 0 Å². The van der Waals surface area contributed by atoms with E-state index in [2.05, 4.69) is 31.9 Å². The first-order valence-corrected chi connectivity index (χ1v) is 29.4. The summed E-state index contributed by atoms with van der Waals surface area (Å²) in [4.78, 5) is 144. The molecule has 2 aliphatic heterocycles. The van der Waals surface area contributed by atoms with Crippen LogP contribution in [0.1, 0.15) is 142 Å². The quantitative estimate of drug-likeness (QED) is 0.0833. The van der Waals surface area contributed by atoms with E-state index >= 15 is 0 Å². The second-order valence-corrected chi connectivity index (χ2v) is 26.6. The van der Waals surface area contributed by atoms with Crippen molar-refractivity contribution >= 4 is 59.4 Å². The van der Waals surface area contributed by atoms with Crippen LogP contribution >= 0.6 is 0 Å². The smallest absolute Gasteiger partial charge is 0.410 e. The highest BCUT2D eigenvalue weighted by Gasteiger charge is 2.48. The van der Waals surface area contributed by atoms with Gasteiger partial charge in [0.15, 0.2) is 0 Å². The number of rotatable bonds is 20. The van der Waals surface area contributed by atoms with E-state index in [0.29, 0.717) is 12.8 Å². The first-order valence-electron chi connectivity index (χ1n) is 29.4. The Balaban J connectivity index is 1.32. The molecule has 0 bridgehead atoms. The highest BCUT2D eigenvalue weighted by molar-refractivity contribution is 6.00. The normalized spacial score (nSPS) is 18.5. The molecule has 0 radical (unpaired) electrons. The molecular formula is C64H92N10O12. The molecule has 22 heteroatoms. The average molecular weight is 1190 g/mol. The lowest BCUT2D eigenvalue weighted by molar-refractivity contribution is -0.144. The van der Waals surface area contributed by atoms with E-state index < -0.39 is 130 Å². The third-order valence-corrected chi connectivity index (χ3v) is 15.0. The average Bonchev–Trinajstić information content (AvgIpc) is 1.81. The van der Waals surface area contributed by atoms with Gasteiger partial charge in [-0.2, -0.15) is 0 Å². The monoisotopic (exact) mass is 1190 g/mol. The van der Waals surface area contributed by atoms with E-state index in [4.69, 9.17) is 9.47 Å². The van der Waals surface area contributed by atoms with Crippen molar-refractivity contribution in [3.05, 3.63) is 107 Å². The number of ether oxygens (including phenoxy) is 2. The van der Waals surface area contributed by atoms with Gasteiger partial charge in [-0.25, -0.2) is 9.59 Å². The molecule has 10 amide bonds.